The highest BCUT2D eigenvalue weighted by Gasteiger charge is 2.29. The van der Waals surface area contributed by atoms with E-state index < -0.39 is 0 Å². The van der Waals surface area contributed by atoms with Crippen molar-refractivity contribution >= 4 is 23.2 Å². The van der Waals surface area contributed by atoms with Crippen LogP contribution in [0, 0.1) is 0 Å². The van der Waals surface area contributed by atoms with Gasteiger partial charge in [0.05, 0.1) is 5.69 Å². The molecule has 0 unspecified atom stereocenters. The maximum Gasteiger partial charge on any atom is 0.274 e. The number of anilines is 1. The molecule has 0 saturated carbocycles. The number of amides is 1. The van der Waals surface area contributed by atoms with Crippen molar-refractivity contribution in [3.63, 3.8) is 0 Å². The lowest BCUT2D eigenvalue weighted by Crippen LogP contribution is -2.49. The Morgan fingerprint density at radius 3 is 2.32 bits per heavy atom. The summed E-state index contributed by atoms with van der Waals surface area (Å²) in [5.74, 6) is 0.957. The minimum absolute atomic E-state index is 0.0681. The first-order valence-corrected chi connectivity index (χ1v) is 11.5. The van der Waals surface area contributed by atoms with E-state index in [1.165, 1.54) is 12.1 Å². The smallest absolute Gasteiger partial charge is 0.274 e. The van der Waals surface area contributed by atoms with E-state index in [-0.39, 0.29) is 5.91 Å². The molecular formula is C25H27ClN4O. The molecule has 5 rings (SSSR count). The van der Waals surface area contributed by atoms with Gasteiger partial charge < -0.3 is 14.4 Å². The van der Waals surface area contributed by atoms with E-state index in [0.717, 1.165) is 69.1 Å². The summed E-state index contributed by atoms with van der Waals surface area (Å²) in [5.41, 5.74) is 3.97. The summed E-state index contributed by atoms with van der Waals surface area (Å²) < 4.78 is 2.27. The molecule has 0 bridgehead atoms. The number of carbonyl (C=O) groups excluding carboxylic acids is 1. The summed E-state index contributed by atoms with van der Waals surface area (Å²) in [7, 11) is 0. The number of hydrogen-bond acceptors (Lipinski definition) is 3. The molecule has 1 amide bonds. The van der Waals surface area contributed by atoms with Gasteiger partial charge in [0.15, 0.2) is 0 Å². The van der Waals surface area contributed by atoms with Crippen LogP contribution in [0.4, 0.5) is 5.69 Å². The predicted octanol–water partition coefficient (Wildman–Crippen LogP) is 4.89. The van der Waals surface area contributed by atoms with Crippen molar-refractivity contribution in [1.29, 1.82) is 0 Å². The minimum Gasteiger partial charge on any atom is -0.368 e. The normalized spacial score (nSPS) is 16.7. The first-order valence-electron chi connectivity index (χ1n) is 11.2. The SMILES string of the molecule is O=C(c1nc(-c2ccc(Cl)cc2)n2c1CCCCC2)N1CCN(c2ccccc2)CC1. The third-order valence-corrected chi connectivity index (χ3v) is 6.61. The molecule has 3 aromatic rings. The van der Waals surface area contributed by atoms with E-state index >= 15 is 0 Å². The molecule has 3 heterocycles. The van der Waals surface area contributed by atoms with Crippen LogP contribution in [0.2, 0.25) is 5.02 Å². The monoisotopic (exact) mass is 434 g/mol. The number of carbonyl (C=O) groups is 1. The van der Waals surface area contributed by atoms with Gasteiger partial charge >= 0.3 is 0 Å². The van der Waals surface area contributed by atoms with E-state index in [4.69, 9.17) is 16.6 Å². The summed E-state index contributed by atoms with van der Waals surface area (Å²) in [5, 5.41) is 0.707. The van der Waals surface area contributed by atoms with Crippen LogP contribution in [-0.4, -0.2) is 46.5 Å². The molecule has 2 aliphatic heterocycles. The highest BCUT2D eigenvalue weighted by atomic mass is 35.5. The molecule has 0 aliphatic carbocycles. The highest BCUT2D eigenvalue weighted by molar-refractivity contribution is 6.30. The van der Waals surface area contributed by atoms with Crippen molar-refractivity contribution in [2.75, 3.05) is 31.1 Å². The Kier molecular flexibility index (Phi) is 5.68. The number of imidazole rings is 1. The zero-order chi connectivity index (χ0) is 21.2. The molecule has 160 valence electrons. The average Bonchev–Trinajstić information content (AvgIpc) is 3.00. The number of rotatable bonds is 3. The Morgan fingerprint density at radius 1 is 0.839 bits per heavy atom. The third-order valence-electron chi connectivity index (χ3n) is 6.36. The van der Waals surface area contributed by atoms with Crippen molar-refractivity contribution in [3.05, 3.63) is 71.0 Å². The maximum atomic E-state index is 13.5. The number of benzene rings is 2. The largest absolute Gasteiger partial charge is 0.368 e. The summed E-state index contributed by atoms with van der Waals surface area (Å²) in [4.78, 5) is 22.8. The molecule has 6 heteroatoms. The molecule has 1 saturated heterocycles. The number of aromatic nitrogens is 2. The fourth-order valence-corrected chi connectivity index (χ4v) is 4.79. The Morgan fingerprint density at radius 2 is 1.58 bits per heavy atom. The zero-order valence-corrected chi connectivity index (χ0v) is 18.4. The topological polar surface area (TPSA) is 41.4 Å². The van der Waals surface area contributed by atoms with Crippen molar-refractivity contribution < 1.29 is 4.79 Å². The Bertz CT molecular complexity index is 1050. The van der Waals surface area contributed by atoms with Crippen LogP contribution in [0.3, 0.4) is 0 Å². The van der Waals surface area contributed by atoms with Crippen LogP contribution >= 0.6 is 11.6 Å². The van der Waals surface area contributed by atoms with Crippen molar-refractivity contribution in [1.82, 2.24) is 14.5 Å². The van der Waals surface area contributed by atoms with Gasteiger partial charge in [-0.05, 0) is 55.7 Å². The average molecular weight is 435 g/mol. The molecule has 1 fully saturated rings. The molecule has 0 radical (unpaired) electrons. The first-order chi connectivity index (χ1) is 15.2. The lowest BCUT2D eigenvalue weighted by Gasteiger charge is -2.36. The van der Waals surface area contributed by atoms with Gasteiger partial charge in [0.1, 0.15) is 11.5 Å². The van der Waals surface area contributed by atoms with E-state index in [1.807, 2.05) is 35.2 Å². The molecule has 0 N–H and O–H groups in total. The summed E-state index contributed by atoms with van der Waals surface area (Å²) in [6.07, 6.45) is 4.32. The summed E-state index contributed by atoms with van der Waals surface area (Å²) in [6, 6.07) is 18.2. The lowest BCUT2D eigenvalue weighted by molar-refractivity contribution is 0.0740. The standard InChI is InChI=1S/C25H27ClN4O/c26-20-12-10-19(11-13-20)24-27-23(22-9-5-2-6-14-30(22)24)25(31)29-17-15-28(16-18-29)21-7-3-1-4-8-21/h1,3-4,7-8,10-13H,2,5-6,9,14-18H2. The predicted molar refractivity (Wildman–Crippen MR) is 125 cm³/mol. The van der Waals surface area contributed by atoms with Gasteiger partial charge in [-0.1, -0.05) is 36.2 Å². The van der Waals surface area contributed by atoms with E-state index in [0.29, 0.717) is 10.7 Å². The Labute approximate surface area is 188 Å². The van der Waals surface area contributed by atoms with Crippen LogP contribution < -0.4 is 4.90 Å². The number of piperazine rings is 1. The number of para-hydroxylation sites is 1. The third kappa shape index (κ3) is 4.07. The molecule has 5 nitrogen and oxygen atoms in total. The van der Waals surface area contributed by atoms with E-state index in [2.05, 4.69) is 33.7 Å². The first kappa shape index (κ1) is 20.1. The second-order valence-corrected chi connectivity index (χ2v) is 8.75. The van der Waals surface area contributed by atoms with Crippen molar-refractivity contribution in [2.45, 2.75) is 32.2 Å². The molecule has 1 aromatic heterocycles. The quantitative estimate of drug-likeness (QED) is 0.589. The number of halogens is 1. The lowest BCUT2D eigenvalue weighted by atomic mass is 10.1. The van der Waals surface area contributed by atoms with Gasteiger partial charge in [-0.15, -0.1) is 0 Å². The second kappa shape index (κ2) is 8.75. The summed E-state index contributed by atoms with van der Waals surface area (Å²) in [6.45, 7) is 4.04. The number of hydrogen-bond donors (Lipinski definition) is 0. The maximum absolute atomic E-state index is 13.5. The zero-order valence-electron chi connectivity index (χ0n) is 17.6. The molecule has 2 aromatic carbocycles. The number of nitrogens with zero attached hydrogens (tertiary/aromatic N) is 4. The molecule has 2 aliphatic rings. The van der Waals surface area contributed by atoms with Gasteiger partial charge in [0, 0.05) is 49.0 Å². The Balaban J connectivity index is 1.41. The fraction of sp³-hybridized carbons (Fsp3) is 0.360. The minimum atomic E-state index is 0.0681. The van der Waals surface area contributed by atoms with Gasteiger partial charge in [-0.2, -0.15) is 0 Å². The summed E-state index contributed by atoms with van der Waals surface area (Å²) >= 11 is 6.09. The van der Waals surface area contributed by atoms with Gasteiger partial charge in [-0.3, -0.25) is 4.79 Å². The Hall–Kier alpha value is -2.79. The van der Waals surface area contributed by atoms with Gasteiger partial charge in [-0.25, -0.2) is 4.98 Å². The van der Waals surface area contributed by atoms with Gasteiger partial charge in [0.25, 0.3) is 5.91 Å². The highest BCUT2D eigenvalue weighted by Crippen LogP contribution is 2.29. The van der Waals surface area contributed by atoms with Crippen LogP contribution in [0.1, 0.15) is 35.4 Å². The fourth-order valence-electron chi connectivity index (χ4n) is 4.67. The van der Waals surface area contributed by atoms with E-state index in [1.54, 1.807) is 0 Å². The van der Waals surface area contributed by atoms with Crippen LogP contribution in [-0.2, 0) is 13.0 Å². The number of fused-ring (bicyclic) bond motifs is 1. The molecule has 31 heavy (non-hydrogen) atoms. The van der Waals surface area contributed by atoms with Crippen molar-refractivity contribution in [2.24, 2.45) is 0 Å². The van der Waals surface area contributed by atoms with Crippen LogP contribution in [0.15, 0.2) is 54.6 Å². The van der Waals surface area contributed by atoms with E-state index in [9.17, 15) is 4.79 Å². The molecule has 0 atom stereocenters. The van der Waals surface area contributed by atoms with Gasteiger partial charge in [0.2, 0.25) is 0 Å². The molecular weight excluding hydrogens is 408 g/mol. The van der Waals surface area contributed by atoms with Crippen molar-refractivity contribution in [3.8, 4) is 11.4 Å². The van der Waals surface area contributed by atoms with Crippen LogP contribution in [0.25, 0.3) is 11.4 Å². The molecule has 0 spiro atoms. The second-order valence-electron chi connectivity index (χ2n) is 8.31. The van der Waals surface area contributed by atoms with Crippen LogP contribution in [0.5, 0.6) is 0 Å².